The van der Waals surface area contributed by atoms with E-state index in [2.05, 4.69) is 62.1 Å². The van der Waals surface area contributed by atoms with E-state index in [1.54, 1.807) is 0 Å². The highest BCUT2D eigenvalue weighted by atomic mass is 16.3. The summed E-state index contributed by atoms with van der Waals surface area (Å²) >= 11 is 0. The van der Waals surface area contributed by atoms with E-state index in [4.69, 9.17) is 0 Å². The SMILES string of the molecule is CC1(C)[C@@H]2Cc3cc(O)ccc3[C@@]1(C)CCN2CCc1ccccc1. The molecule has 0 unspecified atom stereocenters. The fourth-order valence-corrected chi connectivity index (χ4v) is 5.22. The predicted molar refractivity (Wildman–Crippen MR) is 103 cm³/mol. The van der Waals surface area contributed by atoms with Gasteiger partial charge in [0.1, 0.15) is 5.75 Å². The van der Waals surface area contributed by atoms with Gasteiger partial charge in [-0.3, -0.25) is 4.90 Å². The second kappa shape index (κ2) is 5.88. The summed E-state index contributed by atoms with van der Waals surface area (Å²) in [5, 5.41) is 9.97. The van der Waals surface area contributed by atoms with Crippen LogP contribution in [0.15, 0.2) is 48.5 Å². The number of benzene rings is 2. The molecule has 2 aliphatic rings. The van der Waals surface area contributed by atoms with Crippen LogP contribution in [0.4, 0.5) is 0 Å². The van der Waals surface area contributed by atoms with Crippen molar-refractivity contribution >= 4 is 0 Å². The molecule has 0 saturated carbocycles. The summed E-state index contributed by atoms with van der Waals surface area (Å²) < 4.78 is 0. The van der Waals surface area contributed by atoms with E-state index in [1.165, 1.54) is 23.1 Å². The molecule has 0 aromatic heterocycles. The van der Waals surface area contributed by atoms with Gasteiger partial charge in [0.15, 0.2) is 0 Å². The van der Waals surface area contributed by atoms with Gasteiger partial charge in [-0.1, -0.05) is 57.2 Å². The Labute approximate surface area is 151 Å². The highest BCUT2D eigenvalue weighted by Crippen LogP contribution is 2.56. The van der Waals surface area contributed by atoms with Crippen LogP contribution in [0.5, 0.6) is 5.75 Å². The third-order valence-electron chi connectivity index (χ3n) is 7.22. The van der Waals surface area contributed by atoms with E-state index in [0.717, 1.165) is 25.9 Å². The third-order valence-corrected chi connectivity index (χ3v) is 7.22. The van der Waals surface area contributed by atoms with Gasteiger partial charge in [-0.15, -0.1) is 0 Å². The summed E-state index contributed by atoms with van der Waals surface area (Å²) in [7, 11) is 0. The first-order chi connectivity index (χ1) is 11.9. The van der Waals surface area contributed by atoms with Gasteiger partial charge in [-0.05, 0) is 60.0 Å². The van der Waals surface area contributed by atoms with Crippen molar-refractivity contribution in [3.63, 3.8) is 0 Å². The van der Waals surface area contributed by atoms with Gasteiger partial charge < -0.3 is 5.11 Å². The number of likely N-dealkylation sites (tertiary alicyclic amines) is 1. The van der Waals surface area contributed by atoms with Crippen molar-refractivity contribution < 1.29 is 5.11 Å². The molecule has 132 valence electrons. The summed E-state index contributed by atoms with van der Waals surface area (Å²) in [5.74, 6) is 0.399. The van der Waals surface area contributed by atoms with Crippen molar-refractivity contribution in [3.8, 4) is 5.75 Å². The van der Waals surface area contributed by atoms with Crippen LogP contribution in [0.3, 0.4) is 0 Å². The summed E-state index contributed by atoms with van der Waals surface area (Å²) in [6.45, 7) is 9.61. The maximum absolute atomic E-state index is 9.97. The smallest absolute Gasteiger partial charge is 0.115 e. The van der Waals surface area contributed by atoms with Crippen molar-refractivity contribution in [1.82, 2.24) is 4.90 Å². The monoisotopic (exact) mass is 335 g/mol. The molecule has 25 heavy (non-hydrogen) atoms. The highest BCUT2D eigenvalue weighted by molar-refractivity contribution is 5.45. The number of nitrogens with zero attached hydrogens (tertiary/aromatic N) is 1. The maximum Gasteiger partial charge on any atom is 0.115 e. The number of rotatable bonds is 3. The minimum atomic E-state index is 0.183. The van der Waals surface area contributed by atoms with Crippen LogP contribution in [0.2, 0.25) is 0 Å². The highest BCUT2D eigenvalue weighted by Gasteiger charge is 2.55. The standard InChI is InChI=1S/C23H29NO/c1-22(2)21-16-18-15-19(25)9-10-20(18)23(22,3)12-14-24(21)13-11-17-7-5-4-6-8-17/h4-10,15,21,25H,11-14,16H2,1-3H3/t21-,23+/m0/s1. The number of piperidine rings is 1. The molecule has 2 aromatic rings. The first-order valence-electron chi connectivity index (χ1n) is 9.52. The Balaban J connectivity index is 1.63. The van der Waals surface area contributed by atoms with Crippen LogP contribution in [-0.2, 0) is 18.3 Å². The van der Waals surface area contributed by atoms with Crippen LogP contribution >= 0.6 is 0 Å². The summed E-state index contributed by atoms with van der Waals surface area (Å²) in [6, 6.07) is 17.4. The van der Waals surface area contributed by atoms with Crippen LogP contribution < -0.4 is 0 Å². The zero-order valence-corrected chi connectivity index (χ0v) is 15.6. The first kappa shape index (κ1) is 16.7. The fourth-order valence-electron chi connectivity index (χ4n) is 5.22. The van der Waals surface area contributed by atoms with Crippen LogP contribution in [-0.4, -0.2) is 29.1 Å². The lowest BCUT2D eigenvalue weighted by Gasteiger charge is -2.61. The minimum absolute atomic E-state index is 0.183. The second-order valence-corrected chi connectivity index (χ2v) is 8.64. The van der Waals surface area contributed by atoms with Crippen molar-refractivity contribution in [1.29, 1.82) is 0 Å². The second-order valence-electron chi connectivity index (χ2n) is 8.64. The van der Waals surface area contributed by atoms with Gasteiger partial charge in [0.05, 0.1) is 0 Å². The molecule has 1 N–H and O–H groups in total. The van der Waals surface area contributed by atoms with Crippen molar-refractivity contribution in [2.45, 2.75) is 51.5 Å². The van der Waals surface area contributed by atoms with Crippen LogP contribution in [0, 0.1) is 5.41 Å². The number of hydrogen-bond acceptors (Lipinski definition) is 2. The zero-order chi connectivity index (χ0) is 17.7. The summed E-state index contributed by atoms with van der Waals surface area (Å²) in [6.07, 6.45) is 3.33. The Morgan fingerprint density at radius 2 is 1.84 bits per heavy atom. The Hall–Kier alpha value is -1.80. The van der Waals surface area contributed by atoms with Gasteiger partial charge in [0.25, 0.3) is 0 Å². The Bertz CT molecular complexity index is 767. The van der Waals surface area contributed by atoms with Crippen molar-refractivity contribution in [2.24, 2.45) is 5.41 Å². The van der Waals surface area contributed by atoms with E-state index in [1.807, 2.05) is 12.1 Å². The molecule has 0 amide bonds. The Morgan fingerprint density at radius 1 is 1.08 bits per heavy atom. The third kappa shape index (κ3) is 2.58. The molecular formula is C23H29NO. The lowest BCUT2D eigenvalue weighted by atomic mass is 9.51. The molecule has 0 spiro atoms. The topological polar surface area (TPSA) is 23.5 Å². The molecule has 4 rings (SSSR count). The van der Waals surface area contributed by atoms with Crippen molar-refractivity contribution in [3.05, 3.63) is 65.2 Å². The molecule has 2 bridgehead atoms. The molecule has 1 aliphatic heterocycles. The molecule has 2 heteroatoms. The maximum atomic E-state index is 9.97. The number of phenols is 1. The van der Waals surface area contributed by atoms with E-state index in [-0.39, 0.29) is 10.8 Å². The van der Waals surface area contributed by atoms with E-state index in [9.17, 15) is 5.11 Å². The quantitative estimate of drug-likeness (QED) is 0.889. The Kier molecular flexibility index (Phi) is 3.92. The molecule has 2 aromatic carbocycles. The minimum Gasteiger partial charge on any atom is -0.508 e. The van der Waals surface area contributed by atoms with E-state index >= 15 is 0 Å². The average molecular weight is 335 g/mol. The van der Waals surface area contributed by atoms with Gasteiger partial charge in [-0.25, -0.2) is 0 Å². The zero-order valence-electron chi connectivity index (χ0n) is 15.6. The molecule has 2 nitrogen and oxygen atoms in total. The fraction of sp³-hybridized carbons (Fsp3) is 0.478. The number of phenolic OH excluding ortho intramolecular Hbond substituents is 1. The van der Waals surface area contributed by atoms with Gasteiger partial charge in [0.2, 0.25) is 0 Å². The molecule has 1 saturated heterocycles. The number of aromatic hydroxyl groups is 1. The molecule has 1 heterocycles. The van der Waals surface area contributed by atoms with Gasteiger partial charge >= 0.3 is 0 Å². The van der Waals surface area contributed by atoms with E-state index < -0.39 is 0 Å². The normalized spacial score (nSPS) is 27.7. The molecule has 1 aliphatic carbocycles. The lowest BCUT2D eigenvalue weighted by molar-refractivity contribution is -0.0372. The molecule has 0 radical (unpaired) electrons. The van der Waals surface area contributed by atoms with E-state index in [0.29, 0.717) is 11.8 Å². The van der Waals surface area contributed by atoms with Crippen molar-refractivity contribution in [2.75, 3.05) is 13.1 Å². The summed E-state index contributed by atoms with van der Waals surface area (Å²) in [5.41, 5.74) is 4.63. The lowest BCUT2D eigenvalue weighted by Crippen LogP contribution is -2.63. The van der Waals surface area contributed by atoms with Gasteiger partial charge in [0, 0.05) is 18.0 Å². The number of fused-ring (bicyclic) bond motifs is 4. The number of hydrogen-bond donors (Lipinski definition) is 1. The first-order valence-corrected chi connectivity index (χ1v) is 9.52. The average Bonchev–Trinajstić information content (AvgIpc) is 2.58. The van der Waals surface area contributed by atoms with Crippen LogP contribution in [0.25, 0.3) is 0 Å². The molecule has 1 fully saturated rings. The molecular weight excluding hydrogens is 306 g/mol. The van der Waals surface area contributed by atoms with Crippen LogP contribution in [0.1, 0.15) is 43.9 Å². The predicted octanol–water partition coefficient (Wildman–Crippen LogP) is 4.55. The largest absolute Gasteiger partial charge is 0.508 e. The van der Waals surface area contributed by atoms with Gasteiger partial charge in [-0.2, -0.15) is 0 Å². The summed E-state index contributed by atoms with van der Waals surface area (Å²) in [4.78, 5) is 2.70. The molecule has 2 atom stereocenters. The Morgan fingerprint density at radius 3 is 2.60 bits per heavy atom.